The fourth-order valence-electron chi connectivity index (χ4n) is 8.06. The molecule has 0 bridgehead atoms. The summed E-state index contributed by atoms with van der Waals surface area (Å²) in [7, 11) is 0. The standard InChI is InChI=1S/C21H26.2CH3.Zr/c1-21(2,19-11-15-7-3-4-8-16(15)12-19)20-13-17-9-5-6-10-18(17)14-20;;;/h3-11,13,15-20H,12,14H2,1-2H3;2*1H3;. The maximum atomic E-state index is 2.84. The van der Waals surface area contributed by atoms with Crippen LogP contribution in [-0.2, 0) is 20.3 Å². The van der Waals surface area contributed by atoms with Gasteiger partial charge in [-0.15, -0.1) is 0 Å². The van der Waals surface area contributed by atoms with Crippen LogP contribution in [0.15, 0.2) is 48.6 Å². The predicted molar refractivity (Wildman–Crippen MR) is 99.7 cm³/mol. The van der Waals surface area contributed by atoms with Crippen LogP contribution in [0.5, 0.6) is 0 Å². The Hall–Kier alpha value is -0.157. The van der Waals surface area contributed by atoms with Gasteiger partial charge in [0.25, 0.3) is 0 Å². The SMILES string of the molecule is CC1(C)C2CC3C=CC=CC3[CH]2[Zr]([CH3])([CH3])[CH]2C3C=CC=CC3CC21. The van der Waals surface area contributed by atoms with Crippen LogP contribution >= 0.6 is 0 Å². The van der Waals surface area contributed by atoms with Crippen LogP contribution in [0.25, 0.3) is 0 Å². The summed E-state index contributed by atoms with van der Waals surface area (Å²) in [5, 5.41) is 0. The molecule has 128 valence electrons. The third kappa shape index (κ3) is 1.95. The molecule has 0 aromatic heterocycles. The summed E-state index contributed by atoms with van der Waals surface area (Å²) in [6, 6.07) is 0. The molecule has 8 unspecified atom stereocenters. The first-order chi connectivity index (χ1) is 11.4. The second-order valence-corrected chi connectivity index (χ2v) is 22.6. The van der Waals surface area contributed by atoms with E-state index in [1.165, 1.54) is 12.8 Å². The Morgan fingerprint density at radius 2 is 1.12 bits per heavy atom. The Morgan fingerprint density at radius 1 is 0.708 bits per heavy atom. The Balaban J connectivity index is 1.62. The molecule has 8 atom stereocenters. The van der Waals surface area contributed by atoms with Crippen LogP contribution in [0, 0.1) is 40.9 Å². The molecule has 4 aliphatic carbocycles. The van der Waals surface area contributed by atoms with E-state index in [0.717, 1.165) is 42.8 Å². The van der Waals surface area contributed by atoms with Crippen LogP contribution in [0.2, 0.25) is 16.5 Å². The molecule has 0 aromatic carbocycles. The van der Waals surface area contributed by atoms with Crippen molar-refractivity contribution in [3.05, 3.63) is 48.6 Å². The van der Waals surface area contributed by atoms with E-state index in [1.54, 1.807) is 0 Å². The molecule has 0 N–H and O–H groups in total. The number of fused-ring (bicyclic) bond motifs is 6. The first-order valence-corrected chi connectivity index (χ1v) is 17.9. The van der Waals surface area contributed by atoms with Crippen molar-refractivity contribution < 1.29 is 20.3 Å². The van der Waals surface area contributed by atoms with Crippen molar-refractivity contribution in [3.8, 4) is 0 Å². The monoisotopic (exact) mass is 398 g/mol. The molecule has 0 aromatic rings. The third-order valence-electron chi connectivity index (χ3n) is 8.97. The Morgan fingerprint density at radius 3 is 1.58 bits per heavy atom. The van der Waals surface area contributed by atoms with Crippen LogP contribution in [0.4, 0.5) is 0 Å². The molecule has 0 amide bonds. The molecule has 1 heterocycles. The van der Waals surface area contributed by atoms with Crippen molar-refractivity contribution in [2.75, 3.05) is 0 Å². The van der Waals surface area contributed by atoms with Crippen molar-refractivity contribution >= 4 is 0 Å². The van der Waals surface area contributed by atoms with Crippen LogP contribution in [-0.4, -0.2) is 0 Å². The van der Waals surface area contributed by atoms with E-state index >= 15 is 0 Å². The van der Waals surface area contributed by atoms with E-state index in [9.17, 15) is 0 Å². The van der Waals surface area contributed by atoms with Crippen molar-refractivity contribution in [1.82, 2.24) is 0 Å². The normalized spacial score (nSPS) is 51.8. The zero-order valence-electron chi connectivity index (χ0n) is 15.7. The summed E-state index contributed by atoms with van der Waals surface area (Å²) in [5.41, 5.74) is 0.528. The number of allylic oxidation sites excluding steroid dienone is 8. The summed E-state index contributed by atoms with van der Waals surface area (Å²) >= 11 is -2.23. The summed E-state index contributed by atoms with van der Waals surface area (Å²) < 4.78 is 7.78. The number of hydrogen-bond donors (Lipinski definition) is 0. The third-order valence-corrected chi connectivity index (χ3v) is 21.3. The zero-order valence-corrected chi connectivity index (χ0v) is 18.1. The van der Waals surface area contributed by atoms with Gasteiger partial charge in [0, 0.05) is 0 Å². The summed E-state index contributed by atoms with van der Waals surface area (Å²) in [4.78, 5) is 0. The maximum absolute atomic E-state index is 2.84. The van der Waals surface area contributed by atoms with E-state index in [0.29, 0.717) is 5.41 Å². The van der Waals surface area contributed by atoms with E-state index in [-0.39, 0.29) is 0 Å². The van der Waals surface area contributed by atoms with Gasteiger partial charge in [-0.05, 0) is 0 Å². The molecule has 5 aliphatic rings. The molecule has 1 saturated heterocycles. The molecule has 0 radical (unpaired) electrons. The molecule has 3 fully saturated rings. The topological polar surface area (TPSA) is 0 Å². The molecular formula is C23H32Zr. The van der Waals surface area contributed by atoms with Gasteiger partial charge in [-0.25, -0.2) is 0 Å². The van der Waals surface area contributed by atoms with Gasteiger partial charge >= 0.3 is 153 Å². The summed E-state index contributed by atoms with van der Waals surface area (Å²) in [6.45, 7) is 5.30. The fourth-order valence-corrected chi connectivity index (χ4v) is 23.7. The summed E-state index contributed by atoms with van der Waals surface area (Å²) in [5.74, 6) is 5.37. The zero-order chi connectivity index (χ0) is 16.7. The second-order valence-electron chi connectivity index (χ2n) is 10.4. The first-order valence-electron chi connectivity index (χ1n) is 10.1. The summed E-state index contributed by atoms with van der Waals surface area (Å²) in [6.07, 6.45) is 22.6. The van der Waals surface area contributed by atoms with Gasteiger partial charge in [0.2, 0.25) is 0 Å². The molecule has 2 saturated carbocycles. The van der Waals surface area contributed by atoms with Gasteiger partial charge < -0.3 is 0 Å². The Kier molecular flexibility index (Phi) is 3.47. The van der Waals surface area contributed by atoms with Crippen molar-refractivity contribution in [2.45, 2.75) is 43.2 Å². The van der Waals surface area contributed by atoms with Gasteiger partial charge in [0.15, 0.2) is 0 Å². The van der Waals surface area contributed by atoms with Crippen LogP contribution in [0.3, 0.4) is 0 Å². The predicted octanol–water partition coefficient (Wildman–Crippen LogP) is 6.61. The van der Waals surface area contributed by atoms with Crippen molar-refractivity contribution in [1.29, 1.82) is 0 Å². The van der Waals surface area contributed by atoms with Gasteiger partial charge in [-0.2, -0.15) is 0 Å². The van der Waals surface area contributed by atoms with Gasteiger partial charge in [0.1, 0.15) is 0 Å². The molecule has 1 aliphatic heterocycles. The number of hydrogen-bond acceptors (Lipinski definition) is 0. The molecule has 0 nitrogen and oxygen atoms in total. The molecule has 24 heavy (non-hydrogen) atoms. The second kappa shape index (κ2) is 5.19. The molecule has 1 heteroatoms. The molecule has 5 rings (SSSR count). The van der Waals surface area contributed by atoms with Crippen LogP contribution in [0.1, 0.15) is 26.7 Å². The average molecular weight is 400 g/mol. The van der Waals surface area contributed by atoms with E-state index in [2.05, 4.69) is 71.7 Å². The van der Waals surface area contributed by atoms with Crippen molar-refractivity contribution in [3.63, 3.8) is 0 Å². The van der Waals surface area contributed by atoms with Gasteiger partial charge in [-0.3, -0.25) is 0 Å². The van der Waals surface area contributed by atoms with Crippen LogP contribution < -0.4 is 0 Å². The quantitative estimate of drug-likeness (QED) is 0.430. The van der Waals surface area contributed by atoms with E-state index in [1.807, 2.05) is 0 Å². The van der Waals surface area contributed by atoms with E-state index < -0.39 is 20.3 Å². The molecular weight excluding hydrogens is 367 g/mol. The Bertz CT molecular complexity index is 608. The first kappa shape index (κ1) is 16.0. The molecule has 0 spiro atoms. The minimum atomic E-state index is -2.23. The van der Waals surface area contributed by atoms with Crippen molar-refractivity contribution in [2.24, 2.45) is 40.9 Å². The number of rotatable bonds is 0. The fraction of sp³-hybridized carbons (Fsp3) is 0.652. The van der Waals surface area contributed by atoms with Gasteiger partial charge in [-0.1, -0.05) is 0 Å². The minimum absolute atomic E-state index is 0.528. The Labute approximate surface area is 152 Å². The van der Waals surface area contributed by atoms with E-state index in [4.69, 9.17) is 0 Å². The average Bonchev–Trinajstić information content (AvgIpc) is 3.14. The van der Waals surface area contributed by atoms with Gasteiger partial charge in [0.05, 0.1) is 0 Å².